The molecule has 3 aromatic rings. The number of aliphatic imine (C=N–C) groups is 1. The lowest BCUT2D eigenvalue weighted by Crippen LogP contribution is -2.12. The molecule has 0 saturated heterocycles. The highest BCUT2D eigenvalue weighted by Gasteiger charge is 2.04. The number of hydrogen-bond acceptors (Lipinski definition) is 4. The maximum absolute atomic E-state index is 8.65. The Hall–Kier alpha value is -2.78. The summed E-state index contributed by atoms with van der Waals surface area (Å²) in [5.41, 5.74) is 3.84. The van der Waals surface area contributed by atoms with Gasteiger partial charge < -0.3 is 0 Å². The molecule has 0 aliphatic carbocycles. The van der Waals surface area contributed by atoms with Crippen LogP contribution in [0.15, 0.2) is 59.9 Å². The third kappa shape index (κ3) is 2.80. The van der Waals surface area contributed by atoms with E-state index in [1.165, 1.54) is 11.8 Å². The fourth-order valence-electron chi connectivity index (χ4n) is 2.14. The summed E-state index contributed by atoms with van der Waals surface area (Å²) in [6.45, 7) is 0. The van der Waals surface area contributed by atoms with E-state index >= 15 is 0 Å². The first-order chi connectivity index (χ1) is 10.8. The highest BCUT2D eigenvalue weighted by Crippen LogP contribution is 2.21. The topological polar surface area (TPSA) is 66.0 Å². The highest BCUT2D eigenvalue weighted by molar-refractivity contribution is 8.13. The molecule has 0 saturated carbocycles. The molecule has 108 valence electrons. The highest BCUT2D eigenvalue weighted by atomic mass is 32.2. The Balaban J connectivity index is 1.93. The minimum Gasteiger partial charge on any atom is -0.299 e. The smallest absolute Gasteiger partial charge is 0.183 e. The van der Waals surface area contributed by atoms with Gasteiger partial charge in [0.25, 0.3) is 0 Å². The van der Waals surface area contributed by atoms with Crippen molar-refractivity contribution in [1.29, 1.82) is 5.26 Å². The van der Waals surface area contributed by atoms with Gasteiger partial charge in [0, 0.05) is 5.69 Å². The monoisotopic (exact) mass is 307 g/mol. The number of benzene rings is 2. The predicted molar refractivity (Wildman–Crippen MR) is 90.4 cm³/mol. The Morgan fingerprint density at radius 1 is 1.23 bits per heavy atom. The Morgan fingerprint density at radius 2 is 2.00 bits per heavy atom. The van der Waals surface area contributed by atoms with E-state index in [2.05, 4.69) is 15.3 Å². The normalized spacial score (nSPS) is 11.4. The summed E-state index contributed by atoms with van der Waals surface area (Å²) in [6.07, 6.45) is 5.56. The largest absolute Gasteiger partial charge is 0.299 e. The van der Waals surface area contributed by atoms with Crippen LogP contribution in [0.1, 0.15) is 0 Å². The number of fused-ring (bicyclic) bond motifs is 1. The number of nitrogens with zero attached hydrogens (tertiary/aromatic N) is 4. The van der Waals surface area contributed by atoms with Crippen LogP contribution >= 0.6 is 11.8 Å². The van der Waals surface area contributed by atoms with Crippen LogP contribution in [0, 0.1) is 11.5 Å². The maximum atomic E-state index is 8.65. The lowest BCUT2D eigenvalue weighted by atomic mass is 10.2. The molecule has 0 spiro atoms. The number of imidazole rings is 1. The second kappa shape index (κ2) is 6.33. The van der Waals surface area contributed by atoms with Crippen molar-refractivity contribution in [3.05, 3.63) is 54.9 Å². The van der Waals surface area contributed by atoms with Crippen LogP contribution in [0.3, 0.4) is 0 Å². The minimum absolute atomic E-state index is 0.573. The molecule has 0 atom stereocenters. The van der Waals surface area contributed by atoms with Crippen LogP contribution in [0.25, 0.3) is 16.7 Å². The Morgan fingerprint density at radius 3 is 2.73 bits per heavy atom. The molecule has 1 aromatic heterocycles. The number of nitriles is 1. The lowest BCUT2D eigenvalue weighted by molar-refractivity contribution is 1.09. The number of rotatable bonds is 2. The van der Waals surface area contributed by atoms with Crippen LogP contribution in [0.5, 0.6) is 0 Å². The fraction of sp³-hybridized carbons (Fsp3) is 0.0625. The van der Waals surface area contributed by atoms with Gasteiger partial charge in [-0.15, -0.1) is 0 Å². The Kier molecular flexibility index (Phi) is 4.08. The lowest BCUT2D eigenvalue weighted by Gasteiger charge is -2.05. The second-order valence-electron chi connectivity index (χ2n) is 4.48. The number of aromatic nitrogens is 2. The molecule has 0 aliphatic heterocycles. The summed E-state index contributed by atoms with van der Waals surface area (Å²) < 4.78 is 2.03. The zero-order chi connectivity index (χ0) is 15.4. The van der Waals surface area contributed by atoms with E-state index in [-0.39, 0.29) is 0 Å². The first-order valence-electron chi connectivity index (χ1n) is 6.62. The average molecular weight is 307 g/mol. The molecule has 0 unspecified atom stereocenters. The predicted octanol–water partition coefficient (Wildman–Crippen LogP) is 3.45. The molecule has 0 amide bonds. The van der Waals surface area contributed by atoms with Gasteiger partial charge in [0.15, 0.2) is 11.4 Å². The standard InChI is InChI=1S/C16H13N5S/c1-22-16(18-10-17)20-12-6-8-13(9-7-12)21-11-19-14-4-2-3-5-15(14)21/h2-9,11H,1H3,(H,18,20). The molecule has 0 radical (unpaired) electrons. The van der Waals surface area contributed by atoms with Gasteiger partial charge in [0.1, 0.15) is 6.33 Å². The number of amidine groups is 1. The van der Waals surface area contributed by atoms with Crippen molar-refractivity contribution in [3.63, 3.8) is 0 Å². The molecule has 3 rings (SSSR count). The van der Waals surface area contributed by atoms with E-state index < -0.39 is 0 Å². The first-order valence-corrected chi connectivity index (χ1v) is 7.84. The summed E-state index contributed by atoms with van der Waals surface area (Å²) in [4.78, 5) is 8.76. The summed E-state index contributed by atoms with van der Waals surface area (Å²) >= 11 is 1.39. The van der Waals surface area contributed by atoms with E-state index in [1.807, 2.05) is 71.9 Å². The second-order valence-corrected chi connectivity index (χ2v) is 5.27. The molecular formula is C16H13N5S. The minimum atomic E-state index is 0.573. The number of nitrogens with one attached hydrogen (secondary N) is 1. The summed E-state index contributed by atoms with van der Waals surface area (Å²) in [5, 5.41) is 11.8. The number of para-hydroxylation sites is 2. The third-order valence-corrected chi connectivity index (χ3v) is 3.75. The quantitative estimate of drug-likeness (QED) is 0.341. The Labute approximate surface area is 132 Å². The van der Waals surface area contributed by atoms with Crippen LogP contribution in [0.2, 0.25) is 0 Å². The summed E-state index contributed by atoms with van der Waals surface area (Å²) in [5.74, 6) is 0. The van der Waals surface area contributed by atoms with Gasteiger partial charge in [-0.25, -0.2) is 9.98 Å². The van der Waals surface area contributed by atoms with Gasteiger partial charge in [-0.1, -0.05) is 23.9 Å². The average Bonchev–Trinajstić information content (AvgIpc) is 2.99. The van der Waals surface area contributed by atoms with Gasteiger partial charge in [0.05, 0.1) is 16.7 Å². The van der Waals surface area contributed by atoms with Gasteiger partial charge in [0.2, 0.25) is 0 Å². The SMILES string of the molecule is CSC(=Nc1ccc(-n2cnc3ccccc32)cc1)NC#N. The van der Waals surface area contributed by atoms with Gasteiger partial charge >= 0.3 is 0 Å². The third-order valence-electron chi connectivity index (χ3n) is 3.17. The first kappa shape index (κ1) is 14.2. The van der Waals surface area contributed by atoms with E-state index in [9.17, 15) is 0 Å². The van der Waals surface area contributed by atoms with Gasteiger partial charge in [-0.2, -0.15) is 5.26 Å². The zero-order valence-electron chi connectivity index (χ0n) is 11.9. The molecule has 22 heavy (non-hydrogen) atoms. The van der Waals surface area contributed by atoms with Crippen molar-refractivity contribution in [1.82, 2.24) is 14.9 Å². The van der Waals surface area contributed by atoms with Crippen molar-refractivity contribution < 1.29 is 0 Å². The van der Waals surface area contributed by atoms with E-state index in [4.69, 9.17) is 5.26 Å². The Bertz CT molecular complexity index is 858. The number of hydrogen-bond donors (Lipinski definition) is 1. The molecule has 0 aliphatic rings. The van der Waals surface area contributed by atoms with Crippen LogP contribution < -0.4 is 5.32 Å². The van der Waals surface area contributed by atoms with Gasteiger partial charge in [-0.05, 0) is 42.7 Å². The molecular weight excluding hydrogens is 294 g/mol. The van der Waals surface area contributed by atoms with Crippen molar-refractivity contribution in [2.45, 2.75) is 0 Å². The van der Waals surface area contributed by atoms with Crippen LogP contribution in [-0.4, -0.2) is 21.0 Å². The zero-order valence-corrected chi connectivity index (χ0v) is 12.7. The molecule has 0 bridgehead atoms. The summed E-state index contributed by atoms with van der Waals surface area (Å²) in [6, 6.07) is 15.8. The molecule has 0 fully saturated rings. The molecule has 1 heterocycles. The van der Waals surface area contributed by atoms with Crippen molar-refractivity contribution >= 4 is 33.7 Å². The van der Waals surface area contributed by atoms with Crippen LogP contribution in [0.4, 0.5) is 5.69 Å². The van der Waals surface area contributed by atoms with Crippen molar-refractivity contribution in [2.24, 2.45) is 4.99 Å². The van der Waals surface area contributed by atoms with E-state index in [0.29, 0.717) is 5.17 Å². The van der Waals surface area contributed by atoms with Crippen molar-refractivity contribution in [3.8, 4) is 11.9 Å². The number of thioether (sulfide) groups is 1. The molecule has 2 aromatic carbocycles. The molecule has 6 heteroatoms. The fourth-order valence-corrected chi connectivity index (χ4v) is 2.49. The summed E-state index contributed by atoms with van der Waals surface area (Å²) in [7, 11) is 0. The molecule has 5 nitrogen and oxygen atoms in total. The maximum Gasteiger partial charge on any atom is 0.183 e. The van der Waals surface area contributed by atoms with Gasteiger partial charge in [-0.3, -0.25) is 9.88 Å². The van der Waals surface area contributed by atoms with E-state index in [0.717, 1.165) is 22.4 Å². The van der Waals surface area contributed by atoms with E-state index in [1.54, 1.807) is 0 Å². The van der Waals surface area contributed by atoms with Crippen LogP contribution in [-0.2, 0) is 0 Å². The van der Waals surface area contributed by atoms with Crippen molar-refractivity contribution in [2.75, 3.05) is 6.26 Å². The molecule has 1 N–H and O–H groups in total.